The van der Waals surface area contributed by atoms with Crippen LogP contribution < -0.4 is 4.90 Å². The maximum Gasteiger partial charge on any atom is 0.143 e. The fourth-order valence-electron chi connectivity index (χ4n) is 11.1. The van der Waals surface area contributed by atoms with Gasteiger partial charge in [-0.2, -0.15) is 0 Å². The molecule has 3 heteroatoms. The molecule has 0 bridgehead atoms. The number of benzene rings is 9. The van der Waals surface area contributed by atoms with Gasteiger partial charge in [0.1, 0.15) is 22.5 Å². The van der Waals surface area contributed by atoms with Gasteiger partial charge in [0.15, 0.2) is 0 Å². The predicted molar refractivity (Wildman–Crippen MR) is 266 cm³/mol. The highest BCUT2D eigenvalue weighted by Crippen LogP contribution is 2.53. The van der Waals surface area contributed by atoms with Crippen LogP contribution in [0.4, 0.5) is 17.1 Å². The van der Waals surface area contributed by atoms with Gasteiger partial charge in [-0.25, -0.2) is 0 Å². The smallest absolute Gasteiger partial charge is 0.143 e. The quantitative estimate of drug-likeness (QED) is 0.167. The van der Waals surface area contributed by atoms with Gasteiger partial charge < -0.3 is 13.7 Å². The molecule has 304 valence electrons. The minimum atomic E-state index is -0.116. The average molecular weight is 822 g/mol. The number of furan rings is 2. The molecule has 2 heterocycles. The van der Waals surface area contributed by atoms with Crippen molar-refractivity contribution in [1.82, 2.24) is 0 Å². The molecular weight excluding hydrogens is 779 g/mol. The maximum atomic E-state index is 6.94. The van der Waals surface area contributed by atoms with Crippen LogP contribution >= 0.6 is 0 Å². The van der Waals surface area contributed by atoms with Crippen LogP contribution in [0.3, 0.4) is 0 Å². The molecule has 13 rings (SSSR count). The minimum Gasteiger partial charge on any atom is -0.456 e. The first-order valence-corrected chi connectivity index (χ1v) is 22.4. The molecule has 1 unspecified atom stereocenters. The summed E-state index contributed by atoms with van der Waals surface area (Å²) in [7, 11) is 0. The van der Waals surface area contributed by atoms with Crippen molar-refractivity contribution in [1.29, 1.82) is 0 Å². The summed E-state index contributed by atoms with van der Waals surface area (Å²) in [4.78, 5) is 2.41. The summed E-state index contributed by atoms with van der Waals surface area (Å²) in [6.45, 7) is 4.73. The Morgan fingerprint density at radius 3 is 1.98 bits per heavy atom. The highest BCUT2D eigenvalue weighted by Gasteiger charge is 2.37. The average Bonchev–Trinajstić information content (AvgIpc) is 4.00. The maximum absolute atomic E-state index is 6.94. The third kappa shape index (κ3) is 5.47. The van der Waals surface area contributed by atoms with Crippen LogP contribution in [0.1, 0.15) is 54.2 Å². The Labute approximate surface area is 372 Å². The van der Waals surface area contributed by atoms with Crippen LogP contribution in [0, 0.1) is 0 Å². The van der Waals surface area contributed by atoms with Crippen molar-refractivity contribution in [2.75, 3.05) is 4.90 Å². The molecular formula is C61H43NO2. The van der Waals surface area contributed by atoms with E-state index >= 15 is 0 Å². The first-order chi connectivity index (χ1) is 31.5. The molecule has 0 spiro atoms. The van der Waals surface area contributed by atoms with Gasteiger partial charge in [0, 0.05) is 60.9 Å². The second-order valence-corrected chi connectivity index (χ2v) is 17.9. The molecule has 0 aliphatic heterocycles. The Morgan fingerprint density at radius 1 is 0.484 bits per heavy atom. The third-order valence-electron chi connectivity index (χ3n) is 14.0. The minimum absolute atomic E-state index is 0.116. The number of anilines is 3. The van der Waals surface area contributed by atoms with Crippen molar-refractivity contribution >= 4 is 66.8 Å². The number of nitrogens with zero attached hydrogens (tertiary/aromatic N) is 1. The molecule has 11 aromatic rings. The third-order valence-corrected chi connectivity index (χ3v) is 14.0. The summed E-state index contributed by atoms with van der Waals surface area (Å²) in [5.74, 6) is 1.16. The Hall–Kier alpha value is -7.88. The monoisotopic (exact) mass is 821 g/mol. The topological polar surface area (TPSA) is 29.5 Å². The summed E-state index contributed by atoms with van der Waals surface area (Å²) in [6.07, 6.45) is 5.31. The molecule has 3 nitrogen and oxygen atoms in total. The first-order valence-electron chi connectivity index (χ1n) is 22.4. The second-order valence-electron chi connectivity index (χ2n) is 17.9. The van der Waals surface area contributed by atoms with Crippen molar-refractivity contribution in [2.24, 2.45) is 0 Å². The van der Waals surface area contributed by atoms with E-state index in [2.05, 4.69) is 219 Å². The molecule has 0 saturated heterocycles. The van der Waals surface area contributed by atoms with Gasteiger partial charge in [-0.3, -0.25) is 0 Å². The van der Waals surface area contributed by atoms with E-state index in [1.165, 1.54) is 55.3 Å². The molecule has 2 aliphatic rings. The van der Waals surface area contributed by atoms with E-state index < -0.39 is 0 Å². The second kappa shape index (κ2) is 14.1. The number of hydrogen-bond donors (Lipinski definition) is 0. The number of fused-ring (bicyclic) bond motifs is 11. The predicted octanol–water partition coefficient (Wildman–Crippen LogP) is 17.1. The Morgan fingerprint density at radius 2 is 1.12 bits per heavy atom. The summed E-state index contributed by atoms with van der Waals surface area (Å²) in [5, 5.41) is 5.72. The van der Waals surface area contributed by atoms with E-state index in [1.54, 1.807) is 0 Å². The Bertz CT molecular complexity index is 3680. The van der Waals surface area contributed by atoms with Crippen molar-refractivity contribution in [3.63, 3.8) is 0 Å². The molecule has 2 aliphatic carbocycles. The highest BCUT2D eigenvalue weighted by atomic mass is 16.3. The summed E-state index contributed by atoms with van der Waals surface area (Å²) < 4.78 is 13.3. The molecule has 0 fully saturated rings. The van der Waals surface area contributed by atoms with E-state index in [1.807, 2.05) is 6.07 Å². The SMILES string of the molecule is CC1(C)c2ccccc2-c2cccc(-c3ccc(N(c4ccc(C5CC=Cc6oc7ccccc7c65)cc4)c4ccccc4-c4cccc5c4oc4c6ccccc6ccc54)cc3)c21. The molecule has 9 aromatic carbocycles. The molecule has 1 atom stereocenters. The van der Waals surface area contributed by atoms with Crippen molar-refractivity contribution < 1.29 is 8.83 Å². The lowest BCUT2D eigenvalue weighted by molar-refractivity contribution is 0.589. The van der Waals surface area contributed by atoms with Gasteiger partial charge >= 0.3 is 0 Å². The molecule has 64 heavy (non-hydrogen) atoms. The van der Waals surface area contributed by atoms with Crippen LogP contribution in [0.5, 0.6) is 0 Å². The molecule has 0 amide bonds. The highest BCUT2D eigenvalue weighted by molar-refractivity contribution is 6.17. The largest absolute Gasteiger partial charge is 0.456 e. The van der Waals surface area contributed by atoms with E-state index in [-0.39, 0.29) is 11.3 Å². The lowest BCUT2D eigenvalue weighted by Crippen LogP contribution is -2.16. The number of rotatable bonds is 6. The van der Waals surface area contributed by atoms with E-state index in [0.717, 1.165) is 73.3 Å². The lowest BCUT2D eigenvalue weighted by Gasteiger charge is -2.29. The van der Waals surface area contributed by atoms with Gasteiger partial charge in [-0.05, 0) is 99.3 Å². The number of para-hydroxylation sites is 3. The van der Waals surface area contributed by atoms with Crippen molar-refractivity contribution in [3.8, 4) is 33.4 Å². The summed E-state index contributed by atoms with van der Waals surface area (Å²) in [5.41, 5.74) is 18.5. The summed E-state index contributed by atoms with van der Waals surface area (Å²) in [6, 6.07) is 70.7. The van der Waals surface area contributed by atoms with E-state index in [0.29, 0.717) is 0 Å². The van der Waals surface area contributed by atoms with Gasteiger partial charge in [-0.15, -0.1) is 0 Å². The van der Waals surface area contributed by atoms with E-state index in [9.17, 15) is 0 Å². The Kier molecular flexibility index (Phi) is 8.08. The first kappa shape index (κ1) is 36.7. The van der Waals surface area contributed by atoms with Crippen LogP contribution in [-0.2, 0) is 5.41 Å². The van der Waals surface area contributed by atoms with Crippen molar-refractivity contribution in [2.45, 2.75) is 31.6 Å². The van der Waals surface area contributed by atoms with Crippen LogP contribution in [0.25, 0.3) is 83.1 Å². The van der Waals surface area contributed by atoms with Crippen LogP contribution in [0.2, 0.25) is 0 Å². The van der Waals surface area contributed by atoms with Crippen LogP contribution in [0.15, 0.2) is 209 Å². The number of allylic oxidation sites excluding steroid dienone is 1. The molecule has 2 aromatic heterocycles. The zero-order valence-corrected chi connectivity index (χ0v) is 35.7. The van der Waals surface area contributed by atoms with Gasteiger partial charge in [0.05, 0.1) is 5.69 Å². The zero-order chi connectivity index (χ0) is 42.5. The fraction of sp³-hybridized carbons (Fsp3) is 0.0820. The Balaban J connectivity index is 0.965. The van der Waals surface area contributed by atoms with Gasteiger partial charge in [0.2, 0.25) is 0 Å². The number of hydrogen-bond acceptors (Lipinski definition) is 3. The molecule has 0 saturated carbocycles. The standard InChI is InChI=1S/C61H43NO2/c1-61(2)53-24-8-5-16-46(53)48-21-11-20-44(58(48)61)40-30-35-42(36-31-40)62(41-33-28-39(29-34-41)43-19-13-27-56-57(43)52-18-7-10-26-55(52)63-56)54-25-9-6-17-47(54)49-22-12-23-50-51-37-32-38-14-3-4-15-45(38)59(51)64-60(49)50/h3-18,20-37,43H,19H2,1-2H3. The molecule has 0 N–H and O–H groups in total. The van der Waals surface area contributed by atoms with Crippen LogP contribution in [-0.4, -0.2) is 0 Å². The van der Waals surface area contributed by atoms with Gasteiger partial charge in [-0.1, -0.05) is 172 Å². The van der Waals surface area contributed by atoms with Gasteiger partial charge in [0.25, 0.3) is 0 Å². The summed E-state index contributed by atoms with van der Waals surface area (Å²) >= 11 is 0. The zero-order valence-electron chi connectivity index (χ0n) is 35.7. The van der Waals surface area contributed by atoms with E-state index in [4.69, 9.17) is 8.83 Å². The van der Waals surface area contributed by atoms with Crippen molar-refractivity contribution in [3.05, 3.63) is 228 Å². The lowest BCUT2D eigenvalue weighted by atomic mass is 9.79. The fourth-order valence-corrected chi connectivity index (χ4v) is 11.1. The molecule has 0 radical (unpaired) electrons. The normalized spacial score (nSPS) is 14.9.